The summed E-state index contributed by atoms with van der Waals surface area (Å²) in [5, 5.41) is 9.58. The molecule has 0 saturated carbocycles. The average Bonchev–Trinajstić information content (AvgIpc) is 2.57. The van der Waals surface area contributed by atoms with E-state index in [-0.39, 0.29) is 17.9 Å². The highest BCUT2D eigenvalue weighted by atomic mass is 35.5. The van der Waals surface area contributed by atoms with Crippen LogP contribution in [0.4, 0.5) is 5.69 Å². The number of nitrogens with zero attached hydrogens (tertiary/aromatic N) is 1. The standard InChI is InChI=1S/C11H11Cl2NO2/c12-8-2-1-7(6-15)10(3-8)14-5-9(13)4-11(14)16/h1-3,9,15H,4-6H2. The molecule has 1 heterocycles. The molecule has 1 N–H and O–H groups in total. The predicted molar refractivity (Wildman–Crippen MR) is 64.0 cm³/mol. The lowest BCUT2D eigenvalue weighted by molar-refractivity contribution is -0.117. The smallest absolute Gasteiger partial charge is 0.228 e. The second kappa shape index (κ2) is 4.62. The van der Waals surface area contributed by atoms with Crippen LogP contribution in [-0.4, -0.2) is 22.9 Å². The first-order chi connectivity index (χ1) is 7.61. The number of anilines is 1. The summed E-state index contributed by atoms with van der Waals surface area (Å²) in [6.45, 7) is 0.344. The molecule has 86 valence electrons. The minimum Gasteiger partial charge on any atom is -0.392 e. The van der Waals surface area contributed by atoms with Crippen molar-refractivity contribution < 1.29 is 9.90 Å². The van der Waals surface area contributed by atoms with Crippen LogP contribution in [0.25, 0.3) is 0 Å². The van der Waals surface area contributed by atoms with Crippen molar-refractivity contribution in [2.75, 3.05) is 11.4 Å². The third-order valence-corrected chi connectivity index (χ3v) is 3.11. The first-order valence-electron chi connectivity index (χ1n) is 4.95. The lowest BCUT2D eigenvalue weighted by atomic mass is 10.1. The van der Waals surface area contributed by atoms with Gasteiger partial charge in [-0.05, 0) is 12.1 Å². The maximum Gasteiger partial charge on any atom is 0.228 e. The summed E-state index contributed by atoms with van der Waals surface area (Å²) in [7, 11) is 0. The van der Waals surface area contributed by atoms with E-state index < -0.39 is 0 Å². The Morgan fingerprint density at radius 3 is 2.81 bits per heavy atom. The molecule has 2 rings (SSSR count). The third kappa shape index (κ3) is 2.17. The highest BCUT2D eigenvalue weighted by Crippen LogP contribution is 2.30. The van der Waals surface area contributed by atoms with Gasteiger partial charge in [-0.1, -0.05) is 17.7 Å². The topological polar surface area (TPSA) is 40.5 Å². The molecule has 1 aromatic rings. The molecule has 1 saturated heterocycles. The van der Waals surface area contributed by atoms with Gasteiger partial charge in [0, 0.05) is 23.6 Å². The number of alkyl halides is 1. The van der Waals surface area contributed by atoms with E-state index in [1.54, 1.807) is 23.1 Å². The Hall–Kier alpha value is -0.770. The van der Waals surface area contributed by atoms with E-state index in [1.165, 1.54) is 0 Å². The quantitative estimate of drug-likeness (QED) is 0.828. The van der Waals surface area contributed by atoms with Gasteiger partial charge in [-0.2, -0.15) is 0 Å². The van der Waals surface area contributed by atoms with Crippen LogP contribution in [0.15, 0.2) is 18.2 Å². The molecule has 0 spiro atoms. The van der Waals surface area contributed by atoms with Crippen molar-refractivity contribution in [1.29, 1.82) is 0 Å². The fourth-order valence-electron chi connectivity index (χ4n) is 1.82. The zero-order chi connectivity index (χ0) is 11.7. The third-order valence-electron chi connectivity index (χ3n) is 2.59. The van der Waals surface area contributed by atoms with Gasteiger partial charge in [0.15, 0.2) is 0 Å². The number of aliphatic hydroxyl groups is 1. The van der Waals surface area contributed by atoms with Gasteiger partial charge >= 0.3 is 0 Å². The summed E-state index contributed by atoms with van der Waals surface area (Å²) in [4.78, 5) is 13.3. The molecule has 1 amide bonds. The van der Waals surface area contributed by atoms with Gasteiger partial charge in [0.1, 0.15) is 0 Å². The van der Waals surface area contributed by atoms with E-state index in [4.69, 9.17) is 23.2 Å². The minimum atomic E-state index is -0.168. The Labute approximate surface area is 104 Å². The molecule has 0 aromatic heterocycles. The number of benzene rings is 1. The summed E-state index contributed by atoms with van der Waals surface area (Å²) in [5.41, 5.74) is 1.34. The van der Waals surface area contributed by atoms with Gasteiger partial charge in [-0.3, -0.25) is 4.79 Å². The van der Waals surface area contributed by atoms with Crippen LogP contribution in [0.5, 0.6) is 0 Å². The molecule has 0 radical (unpaired) electrons. The second-order valence-electron chi connectivity index (χ2n) is 3.74. The number of amides is 1. The largest absolute Gasteiger partial charge is 0.392 e. The number of carbonyl (C=O) groups excluding carboxylic acids is 1. The Balaban J connectivity index is 2.39. The van der Waals surface area contributed by atoms with Crippen molar-refractivity contribution in [3.8, 4) is 0 Å². The minimum absolute atomic E-state index is 0.0306. The Morgan fingerprint density at radius 2 is 2.25 bits per heavy atom. The molecule has 1 unspecified atom stereocenters. The normalized spacial score (nSPS) is 20.6. The van der Waals surface area contributed by atoms with Gasteiger partial charge in [-0.25, -0.2) is 0 Å². The van der Waals surface area contributed by atoms with E-state index in [0.717, 1.165) is 0 Å². The average molecular weight is 260 g/mol. The monoisotopic (exact) mass is 259 g/mol. The summed E-state index contributed by atoms with van der Waals surface area (Å²) in [6.07, 6.45) is 0.332. The van der Waals surface area contributed by atoms with Crippen LogP contribution >= 0.6 is 23.2 Å². The predicted octanol–water partition coefficient (Wildman–Crippen LogP) is 2.18. The number of halogens is 2. The summed E-state index contributed by atoms with van der Waals surface area (Å²) >= 11 is 11.8. The molecule has 1 fully saturated rings. The maximum atomic E-state index is 11.7. The lowest BCUT2D eigenvalue weighted by Crippen LogP contribution is -2.25. The molecule has 1 atom stereocenters. The second-order valence-corrected chi connectivity index (χ2v) is 4.79. The number of hydrogen-bond acceptors (Lipinski definition) is 2. The fourth-order valence-corrected chi connectivity index (χ4v) is 2.26. The van der Waals surface area contributed by atoms with Gasteiger partial charge < -0.3 is 10.0 Å². The van der Waals surface area contributed by atoms with Crippen LogP contribution in [0.3, 0.4) is 0 Å². The Bertz CT molecular complexity index is 422. The molecule has 0 aliphatic carbocycles. The summed E-state index contributed by atoms with van der Waals surface area (Å²) in [5.74, 6) is -0.0306. The molecule has 0 bridgehead atoms. The first-order valence-corrected chi connectivity index (χ1v) is 5.77. The Morgan fingerprint density at radius 1 is 1.50 bits per heavy atom. The molecule has 1 aliphatic rings. The number of rotatable bonds is 2. The SMILES string of the molecule is O=C1CC(Cl)CN1c1cc(Cl)ccc1CO. The van der Waals surface area contributed by atoms with Crippen molar-refractivity contribution in [3.05, 3.63) is 28.8 Å². The van der Waals surface area contributed by atoms with Crippen LogP contribution < -0.4 is 4.90 Å². The summed E-state index contributed by atoms with van der Waals surface area (Å²) in [6, 6.07) is 5.09. The van der Waals surface area contributed by atoms with E-state index in [9.17, 15) is 9.90 Å². The number of hydrogen-bond donors (Lipinski definition) is 1. The highest BCUT2D eigenvalue weighted by Gasteiger charge is 2.30. The number of aliphatic hydroxyl groups excluding tert-OH is 1. The molecule has 1 aromatic carbocycles. The molecular weight excluding hydrogens is 249 g/mol. The molecule has 1 aliphatic heterocycles. The van der Waals surface area contributed by atoms with Gasteiger partial charge in [-0.15, -0.1) is 11.6 Å². The summed E-state index contributed by atoms with van der Waals surface area (Å²) < 4.78 is 0. The van der Waals surface area contributed by atoms with Crippen LogP contribution in [-0.2, 0) is 11.4 Å². The molecular formula is C11H11Cl2NO2. The fraction of sp³-hybridized carbons (Fsp3) is 0.364. The van der Waals surface area contributed by atoms with E-state index in [1.807, 2.05) is 0 Å². The van der Waals surface area contributed by atoms with Gasteiger partial charge in [0.05, 0.1) is 17.7 Å². The molecule has 16 heavy (non-hydrogen) atoms. The Kier molecular flexibility index (Phi) is 3.38. The first kappa shape index (κ1) is 11.7. The lowest BCUT2D eigenvalue weighted by Gasteiger charge is -2.19. The van der Waals surface area contributed by atoms with Crippen molar-refractivity contribution in [1.82, 2.24) is 0 Å². The molecule has 5 heteroatoms. The highest BCUT2D eigenvalue weighted by molar-refractivity contribution is 6.31. The van der Waals surface area contributed by atoms with Gasteiger partial charge in [0.2, 0.25) is 5.91 Å². The van der Waals surface area contributed by atoms with Crippen molar-refractivity contribution in [2.45, 2.75) is 18.4 Å². The van der Waals surface area contributed by atoms with Crippen LogP contribution in [0.1, 0.15) is 12.0 Å². The van der Waals surface area contributed by atoms with Gasteiger partial charge in [0.25, 0.3) is 0 Å². The van der Waals surface area contributed by atoms with E-state index >= 15 is 0 Å². The van der Waals surface area contributed by atoms with Crippen molar-refractivity contribution in [3.63, 3.8) is 0 Å². The van der Waals surface area contributed by atoms with E-state index in [0.29, 0.717) is 29.2 Å². The zero-order valence-electron chi connectivity index (χ0n) is 8.49. The van der Waals surface area contributed by atoms with Crippen LogP contribution in [0.2, 0.25) is 5.02 Å². The van der Waals surface area contributed by atoms with Crippen molar-refractivity contribution >= 4 is 34.8 Å². The van der Waals surface area contributed by atoms with E-state index in [2.05, 4.69) is 0 Å². The van der Waals surface area contributed by atoms with Crippen LogP contribution in [0, 0.1) is 0 Å². The van der Waals surface area contributed by atoms with Crippen molar-refractivity contribution in [2.24, 2.45) is 0 Å². The molecule has 3 nitrogen and oxygen atoms in total. The number of carbonyl (C=O) groups is 1. The maximum absolute atomic E-state index is 11.7. The zero-order valence-corrected chi connectivity index (χ0v) is 10.0.